The van der Waals surface area contributed by atoms with Gasteiger partial charge in [-0.1, -0.05) is 0 Å². The summed E-state index contributed by atoms with van der Waals surface area (Å²) in [5.41, 5.74) is 0. The molecule has 0 aliphatic heterocycles. The molecule has 0 aromatic rings. The fourth-order valence-electron chi connectivity index (χ4n) is 0. The van der Waals surface area contributed by atoms with E-state index in [9.17, 15) is 0 Å². The molecule has 0 atom stereocenters. The van der Waals surface area contributed by atoms with Gasteiger partial charge in [-0.2, -0.15) is 0 Å². The predicted molar refractivity (Wildman–Crippen MR) is 25.9 cm³/mol. The predicted octanol–water partition coefficient (Wildman–Crippen LogP) is -1.50. The zero-order chi connectivity index (χ0) is 0. The van der Waals surface area contributed by atoms with Crippen LogP contribution in [0, 0.1) is 0 Å². The standard InChI is InChI=1S/Al.Mg.Sr.Ti.Zn.7H/q;2*+2;;;;;;4*-1. The van der Waals surface area contributed by atoms with E-state index in [4.69, 9.17) is 0 Å². The third kappa shape index (κ3) is 17.9. The first-order valence-electron chi connectivity index (χ1n) is 0. The molecule has 0 unspecified atom stereocenters. The SMILES string of the molecule is [AlH3].[H-].[H-].[H-].[H-].[Mg+2].[Sr+2].[Ti].[Zn]. The Morgan fingerprint density at radius 3 is 1.20 bits per heavy atom. The molecule has 0 amide bonds. The Kier molecular flexibility index (Phi) is 172. The van der Waals surface area contributed by atoms with E-state index in [1.807, 2.05) is 0 Å². The van der Waals surface area contributed by atoms with E-state index in [0.717, 1.165) is 0 Å². The molecule has 0 nitrogen and oxygen atoms in total. The van der Waals surface area contributed by atoms with Crippen molar-refractivity contribution in [3.63, 3.8) is 0 Å². The Balaban J connectivity index is 0. The minimum atomic E-state index is 0. The third-order valence-electron chi connectivity index (χ3n) is 0. The van der Waals surface area contributed by atoms with E-state index in [1.165, 1.54) is 0 Å². The van der Waals surface area contributed by atoms with Crippen LogP contribution in [0.5, 0.6) is 0 Å². The minimum Gasteiger partial charge on any atom is -1.00 e. The quantitative estimate of drug-likeness (QED) is 0.465. The van der Waals surface area contributed by atoms with Gasteiger partial charge in [0.25, 0.3) is 0 Å². The first-order chi connectivity index (χ1) is 0. The van der Waals surface area contributed by atoms with Gasteiger partial charge in [0, 0.05) is 41.2 Å². The van der Waals surface area contributed by atoms with E-state index in [-0.39, 0.29) is 133 Å². The maximum atomic E-state index is 0. The summed E-state index contributed by atoms with van der Waals surface area (Å²) in [4.78, 5) is 0. The van der Waals surface area contributed by atoms with Crippen molar-refractivity contribution in [2.24, 2.45) is 0 Å². The van der Waals surface area contributed by atoms with Crippen LogP contribution in [0.3, 0.4) is 0 Å². The van der Waals surface area contributed by atoms with E-state index >= 15 is 0 Å². The molecule has 0 fully saturated rings. The van der Waals surface area contributed by atoms with Gasteiger partial charge in [-0.25, -0.2) is 0 Å². The number of rotatable bonds is 0. The number of hydrogen-bond acceptors (Lipinski definition) is 0. The molecule has 0 N–H and O–H groups in total. The van der Waals surface area contributed by atoms with Crippen molar-refractivity contribution in [2.75, 3.05) is 0 Å². The molecule has 5 heavy (non-hydrogen) atoms. The summed E-state index contributed by atoms with van der Waals surface area (Å²) in [6, 6.07) is 0. The van der Waals surface area contributed by atoms with Gasteiger partial charge in [0.2, 0.25) is 0 Å². The Hall–Kier alpha value is 4.12. The fourth-order valence-corrected chi connectivity index (χ4v) is 0. The second kappa shape index (κ2) is 24.3. The fraction of sp³-hybridized carbons (Fsp3) is 0. The molecule has 0 rings (SSSR count). The Morgan fingerprint density at radius 1 is 1.20 bits per heavy atom. The van der Waals surface area contributed by atoms with Gasteiger partial charge in [-0.15, -0.1) is 0 Å². The van der Waals surface area contributed by atoms with Gasteiger partial charge in [0.05, 0.1) is 0 Å². The van der Waals surface area contributed by atoms with Crippen molar-refractivity contribution in [1.82, 2.24) is 0 Å². The van der Waals surface area contributed by atoms with Crippen LogP contribution in [0.25, 0.3) is 0 Å². The largest absolute Gasteiger partial charge is 2.00 e. The molecule has 0 heterocycles. The zero-order valence-electron chi connectivity index (χ0n) is 6.62. The molecular formula is H7AlMgSrTiZn. The van der Waals surface area contributed by atoms with Crippen LogP contribution in [0.4, 0.5) is 0 Å². The van der Waals surface area contributed by atoms with Crippen LogP contribution in [0.2, 0.25) is 0 Å². The number of hydrogen-bond donors (Lipinski definition) is 0. The molecule has 0 radical (unpaired) electrons. The summed E-state index contributed by atoms with van der Waals surface area (Å²) < 4.78 is 0. The molecule has 0 saturated carbocycles. The topological polar surface area (TPSA) is 0 Å². The second-order valence-electron chi connectivity index (χ2n) is 0. The zero-order valence-corrected chi connectivity index (χ0v) is 12.0. The van der Waals surface area contributed by atoms with Gasteiger partial charge in [-0.3, -0.25) is 0 Å². The summed E-state index contributed by atoms with van der Waals surface area (Å²) in [5.74, 6) is 0. The van der Waals surface area contributed by atoms with Crippen molar-refractivity contribution in [2.45, 2.75) is 0 Å². The van der Waals surface area contributed by atoms with Crippen molar-refractivity contribution in [1.29, 1.82) is 0 Å². The maximum absolute atomic E-state index is 0. The molecule has 0 aromatic carbocycles. The van der Waals surface area contributed by atoms with Crippen molar-refractivity contribution < 1.29 is 46.9 Å². The van der Waals surface area contributed by atoms with Crippen LogP contribution in [0.1, 0.15) is 5.71 Å². The molecule has 0 aliphatic rings. The average molecular weight is 259 g/mol. The van der Waals surface area contributed by atoms with Gasteiger partial charge in [-0.05, 0) is 0 Å². The molecule has 20 valence electrons. The summed E-state index contributed by atoms with van der Waals surface area (Å²) in [7, 11) is 0. The van der Waals surface area contributed by atoms with Crippen molar-refractivity contribution in [3.05, 3.63) is 0 Å². The van der Waals surface area contributed by atoms with Crippen LogP contribution in [-0.2, 0) is 41.2 Å². The maximum Gasteiger partial charge on any atom is 2.00 e. The van der Waals surface area contributed by atoms with Gasteiger partial charge in [0.15, 0.2) is 17.4 Å². The van der Waals surface area contributed by atoms with Gasteiger partial charge < -0.3 is 5.71 Å². The Labute approximate surface area is 130 Å². The molecule has 0 spiro atoms. The molecule has 5 heteroatoms. The average Bonchev–Trinajstić information content (AvgIpc) is 0. The van der Waals surface area contributed by atoms with Crippen LogP contribution >= 0.6 is 0 Å². The summed E-state index contributed by atoms with van der Waals surface area (Å²) in [6.07, 6.45) is 0. The van der Waals surface area contributed by atoms with Crippen molar-refractivity contribution >= 4 is 85.9 Å². The smallest absolute Gasteiger partial charge is 1.00 e. The molecule has 0 bridgehead atoms. The van der Waals surface area contributed by atoms with E-state index in [2.05, 4.69) is 0 Å². The monoisotopic (exact) mass is 258 g/mol. The van der Waals surface area contributed by atoms with Gasteiger partial charge >= 0.3 is 68.5 Å². The minimum absolute atomic E-state index is 0. The first kappa shape index (κ1) is 35.4. The molecule has 0 saturated heterocycles. The van der Waals surface area contributed by atoms with Gasteiger partial charge in [0.1, 0.15) is 0 Å². The summed E-state index contributed by atoms with van der Waals surface area (Å²) in [6.45, 7) is 0. The van der Waals surface area contributed by atoms with Crippen LogP contribution in [-0.4, -0.2) is 85.9 Å². The molecular weight excluding hydrogens is 252 g/mol. The van der Waals surface area contributed by atoms with Crippen LogP contribution in [0.15, 0.2) is 0 Å². The Bertz CT molecular complexity index is 20.5. The van der Waals surface area contributed by atoms with E-state index in [0.29, 0.717) is 0 Å². The summed E-state index contributed by atoms with van der Waals surface area (Å²) >= 11 is 0. The summed E-state index contributed by atoms with van der Waals surface area (Å²) in [5, 5.41) is 0. The molecule has 0 aromatic heterocycles. The first-order valence-corrected chi connectivity index (χ1v) is 0. The van der Waals surface area contributed by atoms with Crippen LogP contribution < -0.4 is 0 Å². The normalized spacial score (nSPS) is 0. The Morgan fingerprint density at radius 2 is 1.20 bits per heavy atom. The van der Waals surface area contributed by atoms with Crippen molar-refractivity contribution in [3.8, 4) is 0 Å². The van der Waals surface area contributed by atoms with E-state index < -0.39 is 0 Å². The van der Waals surface area contributed by atoms with E-state index in [1.54, 1.807) is 0 Å². The second-order valence-corrected chi connectivity index (χ2v) is 0. The molecule has 0 aliphatic carbocycles. The third-order valence-corrected chi connectivity index (χ3v) is 0.